The lowest BCUT2D eigenvalue weighted by molar-refractivity contribution is -0.122. The van der Waals surface area contributed by atoms with Gasteiger partial charge in [0.05, 0.1) is 10.7 Å². The Bertz CT molecular complexity index is 532. The number of phenolic OH excluding ortho intramolecular Hbond substituents is 1. The van der Waals surface area contributed by atoms with Gasteiger partial charge in [-0.3, -0.25) is 4.79 Å². The maximum Gasteiger partial charge on any atom is 0.227 e. The number of amides is 1. The molecule has 0 saturated heterocycles. The Balaban J connectivity index is 1.63. The van der Waals surface area contributed by atoms with Crippen LogP contribution in [0.3, 0.4) is 0 Å². The van der Waals surface area contributed by atoms with Gasteiger partial charge in [0.15, 0.2) is 0 Å². The molecule has 3 unspecified atom stereocenters. The van der Waals surface area contributed by atoms with Crippen molar-refractivity contribution < 1.29 is 9.90 Å². The average molecular weight is 308 g/mol. The molecule has 0 aliphatic heterocycles. The molecule has 2 aliphatic rings. The largest absolute Gasteiger partial charge is 0.508 e. The van der Waals surface area contributed by atoms with E-state index in [9.17, 15) is 9.90 Å². The average Bonchev–Trinajstić information content (AvgIpc) is 2.49. The van der Waals surface area contributed by atoms with E-state index in [-0.39, 0.29) is 17.6 Å². The van der Waals surface area contributed by atoms with Crippen molar-refractivity contribution >= 4 is 23.2 Å². The van der Waals surface area contributed by atoms with Gasteiger partial charge < -0.3 is 10.4 Å². The molecule has 2 saturated carbocycles. The van der Waals surface area contributed by atoms with Gasteiger partial charge in [-0.2, -0.15) is 0 Å². The number of fused-ring (bicyclic) bond motifs is 1. The molecule has 2 N–H and O–H groups in total. The predicted molar refractivity (Wildman–Crippen MR) is 84.5 cm³/mol. The summed E-state index contributed by atoms with van der Waals surface area (Å²) < 4.78 is 0. The second kappa shape index (κ2) is 6.27. The molecular formula is C17H22ClNO2. The molecule has 1 amide bonds. The van der Waals surface area contributed by atoms with Crippen LogP contribution in [-0.2, 0) is 4.79 Å². The number of rotatable bonds is 2. The van der Waals surface area contributed by atoms with Crippen LogP contribution in [0.15, 0.2) is 18.2 Å². The topological polar surface area (TPSA) is 49.3 Å². The van der Waals surface area contributed by atoms with Gasteiger partial charge in [0, 0.05) is 12.0 Å². The van der Waals surface area contributed by atoms with Crippen LogP contribution >= 0.6 is 11.6 Å². The van der Waals surface area contributed by atoms with E-state index >= 15 is 0 Å². The van der Waals surface area contributed by atoms with Gasteiger partial charge in [-0.15, -0.1) is 0 Å². The number of aromatic hydroxyl groups is 1. The summed E-state index contributed by atoms with van der Waals surface area (Å²) in [6.07, 6.45) is 8.51. The third-order valence-corrected chi connectivity index (χ3v) is 5.43. The Morgan fingerprint density at radius 3 is 2.67 bits per heavy atom. The second-order valence-electron chi connectivity index (χ2n) is 6.47. The Hall–Kier alpha value is -1.22. The molecule has 1 aromatic rings. The highest BCUT2D eigenvalue weighted by Crippen LogP contribution is 2.43. The number of nitrogens with one attached hydrogen (secondary N) is 1. The van der Waals surface area contributed by atoms with E-state index in [0.29, 0.717) is 10.7 Å². The lowest BCUT2D eigenvalue weighted by Crippen LogP contribution is -2.33. The molecule has 1 aromatic carbocycles. The summed E-state index contributed by atoms with van der Waals surface area (Å²) >= 11 is 6.05. The van der Waals surface area contributed by atoms with Gasteiger partial charge in [0.1, 0.15) is 5.75 Å². The van der Waals surface area contributed by atoms with Crippen LogP contribution in [0.4, 0.5) is 5.69 Å². The molecular weight excluding hydrogens is 286 g/mol. The number of phenols is 1. The van der Waals surface area contributed by atoms with Gasteiger partial charge in [0.2, 0.25) is 5.91 Å². The summed E-state index contributed by atoms with van der Waals surface area (Å²) in [5, 5.41) is 12.7. The minimum Gasteiger partial charge on any atom is -0.508 e. The van der Waals surface area contributed by atoms with Gasteiger partial charge in [-0.05, 0) is 43.2 Å². The van der Waals surface area contributed by atoms with Crippen LogP contribution < -0.4 is 5.32 Å². The highest BCUT2D eigenvalue weighted by molar-refractivity contribution is 6.33. The lowest BCUT2D eigenvalue weighted by Gasteiger charge is -2.38. The van der Waals surface area contributed by atoms with Crippen molar-refractivity contribution in [1.29, 1.82) is 0 Å². The van der Waals surface area contributed by atoms with E-state index in [2.05, 4.69) is 5.32 Å². The van der Waals surface area contributed by atoms with Crippen LogP contribution in [0, 0.1) is 17.8 Å². The molecule has 2 fully saturated rings. The molecule has 3 atom stereocenters. The molecule has 0 spiro atoms. The van der Waals surface area contributed by atoms with Crippen molar-refractivity contribution in [1.82, 2.24) is 0 Å². The Morgan fingerprint density at radius 1 is 1.14 bits per heavy atom. The minimum absolute atomic E-state index is 0.0756. The normalized spacial score (nSPS) is 28.7. The van der Waals surface area contributed by atoms with E-state index in [0.717, 1.165) is 24.7 Å². The van der Waals surface area contributed by atoms with Crippen LogP contribution in [0.1, 0.15) is 44.9 Å². The maximum atomic E-state index is 12.4. The molecule has 2 aliphatic carbocycles. The number of halogens is 1. The number of benzene rings is 1. The quantitative estimate of drug-likeness (QED) is 0.785. The molecule has 0 heterocycles. The first-order valence-corrected chi connectivity index (χ1v) is 8.30. The predicted octanol–water partition coefficient (Wildman–Crippen LogP) is 4.59. The van der Waals surface area contributed by atoms with Crippen LogP contribution in [0.5, 0.6) is 5.75 Å². The van der Waals surface area contributed by atoms with E-state index in [1.54, 1.807) is 12.1 Å². The van der Waals surface area contributed by atoms with E-state index < -0.39 is 0 Å². The molecule has 0 radical (unpaired) electrons. The fraction of sp³-hybridized carbons (Fsp3) is 0.588. The van der Waals surface area contributed by atoms with Crippen molar-refractivity contribution in [2.24, 2.45) is 17.8 Å². The standard InChI is InChI=1S/C17H22ClNO2/c18-15-10-14(20)7-8-16(15)19-17(21)13-6-5-11-3-1-2-4-12(11)9-13/h7-8,10-13,20H,1-6,9H2,(H,19,21). The summed E-state index contributed by atoms with van der Waals surface area (Å²) in [7, 11) is 0. The minimum atomic E-state index is 0.0756. The van der Waals surface area contributed by atoms with Crippen LogP contribution in [0.25, 0.3) is 0 Å². The zero-order chi connectivity index (χ0) is 14.8. The third kappa shape index (κ3) is 3.34. The first kappa shape index (κ1) is 14.7. The molecule has 4 heteroatoms. The third-order valence-electron chi connectivity index (χ3n) is 5.12. The van der Waals surface area contributed by atoms with E-state index in [1.807, 2.05) is 0 Å². The van der Waals surface area contributed by atoms with Gasteiger partial charge in [0.25, 0.3) is 0 Å². The fourth-order valence-corrected chi connectivity index (χ4v) is 4.17. The van der Waals surface area contributed by atoms with Crippen molar-refractivity contribution in [3.63, 3.8) is 0 Å². The Morgan fingerprint density at radius 2 is 1.90 bits per heavy atom. The molecule has 0 aromatic heterocycles. The fourth-order valence-electron chi connectivity index (χ4n) is 3.95. The number of carbonyl (C=O) groups excluding carboxylic acids is 1. The van der Waals surface area contributed by atoms with Crippen LogP contribution in [-0.4, -0.2) is 11.0 Å². The molecule has 0 bridgehead atoms. The van der Waals surface area contributed by atoms with Crippen molar-refractivity contribution in [2.75, 3.05) is 5.32 Å². The Kier molecular flexibility index (Phi) is 4.39. The SMILES string of the molecule is O=C(Nc1ccc(O)cc1Cl)C1CCC2CCCCC2C1. The van der Waals surface area contributed by atoms with E-state index in [1.165, 1.54) is 38.2 Å². The number of anilines is 1. The van der Waals surface area contributed by atoms with Crippen LogP contribution in [0.2, 0.25) is 5.02 Å². The monoisotopic (exact) mass is 307 g/mol. The molecule has 3 nitrogen and oxygen atoms in total. The summed E-state index contributed by atoms with van der Waals surface area (Å²) in [6, 6.07) is 4.65. The highest BCUT2D eigenvalue weighted by atomic mass is 35.5. The summed E-state index contributed by atoms with van der Waals surface area (Å²) in [4.78, 5) is 12.4. The Labute approximate surface area is 130 Å². The van der Waals surface area contributed by atoms with Gasteiger partial charge >= 0.3 is 0 Å². The summed E-state index contributed by atoms with van der Waals surface area (Å²) in [6.45, 7) is 0. The van der Waals surface area contributed by atoms with Crippen molar-refractivity contribution in [3.05, 3.63) is 23.2 Å². The first-order chi connectivity index (χ1) is 10.1. The maximum absolute atomic E-state index is 12.4. The van der Waals surface area contributed by atoms with E-state index in [4.69, 9.17) is 11.6 Å². The van der Waals surface area contributed by atoms with Crippen molar-refractivity contribution in [2.45, 2.75) is 44.9 Å². The highest BCUT2D eigenvalue weighted by Gasteiger charge is 2.35. The lowest BCUT2D eigenvalue weighted by atomic mass is 9.67. The molecule has 114 valence electrons. The summed E-state index contributed by atoms with van der Waals surface area (Å²) in [5.41, 5.74) is 0.588. The number of hydrogen-bond donors (Lipinski definition) is 2. The second-order valence-corrected chi connectivity index (χ2v) is 6.88. The molecule has 3 rings (SSSR count). The zero-order valence-corrected chi connectivity index (χ0v) is 12.9. The van der Waals surface area contributed by atoms with Crippen molar-refractivity contribution in [3.8, 4) is 5.75 Å². The smallest absolute Gasteiger partial charge is 0.227 e. The molecule has 21 heavy (non-hydrogen) atoms. The van der Waals surface area contributed by atoms with Gasteiger partial charge in [-0.1, -0.05) is 37.3 Å². The van der Waals surface area contributed by atoms with Gasteiger partial charge in [-0.25, -0.2) is 0 Å². The number of carbonyl (C=O) groups is 1. The number of hydrogen-bond acceptors (Lipinski definition) is 2. The first-order valence-electron chi connectivity index (χ1n) is 7.93. The zero-order valence-electron chi connectivity index (χ0n) is 12.1. The summed E-state index contributed by atoms with van der Waals surface area (Å²) in [5.74, 6) is 1.88.